The Morgan fingerprint density at radius 2 is 2.19 bits per heavy atom. The number of hydrogen-bond donors (Lipinski definition) is 2. The van der Waals surface area contributed by atoms with E-state index in [1.54, 1.807) is 18.2 Å². The van der Waals surface area contributed by atoms with Crippen molar-refractivity contribution in [3.63, 3.8) is 0 Å². The van der Waals surface area contributed by atoms with Crippen LogP contribution in [-0.2, 0) is 11.2 Å². The number of carbonyl (C=O) groups is 1. The maximum absolute atomic E-state index is 11.5. The molecule has 1 saturated heterocycles. The van der Waals surface area contributed by atoms with E-state index in [0.29, 0.717) is 21.2 Å². The molecule has 1 aromatic carbocycles. The summed E-state index contributed by atoms with van der Waals surface area (Å²) in [7, 11) is 0. The summed E-state index contributed by atoms with van der Waals surface area (Å²) in [6.07, 6.45) is 0.549. The van der Waals surface area contributed by atoms with Gasteiger partial charge in [-0.05, 0) is 0 Å². The molecular formula is C10H8Cl2N2OSe. The third kappa shape index (κ3) is 2.58. The Bertz CT molecular complexity index is 464. The van der Waals surface area contributed by atoms with Crippen LogP contribution in [0.3, 0.4) is 0 Å². The van der Waals surface area contributed by atoms with E-state index >= 15 is 0 Å². The van der Waals surface area contributed by atoms with Gasteiger partial charge in [-0.3, -0.25) is 0 Å². The summed E-state index contributed by atoms with van der Waals surface area (Å²) in [5, 5.41) is 11.2. The number of rotatable bonds is 2. The molecule has 3 nitrogen and oxygen atoms in total. The molecule has 1 amide bonds. The number of halogens is 2. The van der Waals surface area contributed by atoms with Gasteiger partial charge in [-0.25, -0.2) is 0 Å². The number of amides is 1. The van der Waals surface area contributed by atoms with E-state index in [1.165, 1.54) is 0 Å². The topological polar surface area (TPSA) is 53.0 Å². The van der Waals surface area contributed by atoms with E-state index in [2.05, 4.69) is 5.32 Å². The Hall–Kier alpha value is -0.541. The number of amidine groups is 1. The molecule has 0 aromatic heterocycles. The molecule has 0 aliphatic carbocycles. The summed E-state index contributed by atoms with van der Waals surface area (Å²) in [6, 6.07) is 5.22. The molecule has 1 aromatic rings. The molecule has 1 aliphatic heterocycles. The molecule has 0 bridgehead atoms. The minimum atomic E-state index is -0.143. The monoisotopic (exact) mass is 322 g/mol. The molecule has 1 atom stereocenters. The fourth-order valence-electron chi connectivity index (χ4n) is 1.45. The van der Waals surface area contributed by atoms with Gasteiger partial charge in [-0.15, -0.1) is 0 Å². The number of benzene rings is 1. The third-order valence-electron chi connectivity index (χ3n) is 2.20. The second-order valence-electron chi connectivity index (χ2n) is 3.36. The first-order valence-corrected chi connectivity index (χ1v) is 7.16. The molecule has 0 saturated carbocycles. The molecule has 1 fully saturated rings. The van der Waals surface area contributed by atoms with Crippen molar-refractivity contribution in [3.05, 3.63) is 33.8 Å². The molecule has 1 unspecified atom stereocenters. The zero-order valence-electron chi connectivity index (χ0n) is 8.09. The fraction of sp³-hybridized carbons (Fsp3) is 0.200. The average molecular weight is 322 g/mol. The van der Waals surface area contributed by atoms with E-state index in [-0.39, 0.29) is 25.7 Å². The Morgan fingerprint density at radius 1 is 1.44 bits per heavy atom. The van der Waals surface area contributed by atoms with E-state index in [0.717, 1.165) is 5.56 Å². The normalized spacial score (nSPS) is 20.0. The molecule has 0 spiro atoms. The predicted molar refractivity (Wildman–Crippen MR) is 65.5 cm³/mol. The summed E-state index contributed by atoms with van der Waals surface area (Å²) >= 11 is 11.8. The molecule has 2 rings (SSSR count). The molecule has 6 heteroatoms. The van der Waals surface area contributed by atoms with Gasteiger partial charge in [-0.2, -0.15) is 0 Å². The molecule has 84 valence electrons. The summed E-state index contributed by atoms with van der Waals surface area (Å²) in [5.41, 5.74) is 0.867. The Morgan fingerprint density at radius 3 is 2.81 bits per heavy atom. The van der Waals surface area contributed by atoms with Crippen molar-refractivity contribution in [2.45, 2.75) is 11.2 Å². The van der Waals surface area contributed by atoms with Gasteiger partial charge in [-0.1, -0.05) is 0 Å². The molecule has 1 heterocycles. The van der Waals surface area contributed by atoms with Crippen molar-refractivity contribution < 1.29 is 4.79 Å². The second-order valence-corrected chi connectivity index (χ2v) is 6.75. The standard InChI is InChI=1S/C10H8Cl2N2OSe/c11-6-1-2-7(12)5(3-6)4-8-9(15)14-10(13)16-8/h1-3,8H,4H2,(H2,13,14,15). The van der Waals surface area contributed by atoms with Gasteiger partial charge in [0.2, 0.25) is 0 Å². The van der Waals surface area contributed by atoms with Gasteiger partial charge in [0.05, 0.1) is 0 Å². The number of hydrogen-bond acceptors (Lipinski definition) is 2. The SMILES string of the molecule is N=C1NC(=O)C(Cc2cc(Cl)ccc2Cl)[Se]1. The maximum atomic E-state index is 11.5. The van der Waals surface area contributed by atoms with Crippen molar-refractivity contribution >= 4 is 48.8 Å². The van der Waals surface area contributed by atoms with Crippen LogP contribution in [0.25, 0.3) is 0 Å². The van der Waals surface area contributed by atoms with Crippen LogP contribution in [0.2, 0.25) is 14.9 Å². The number of carbonyl (C=O) groups excluding carboxylic acids is 1. The van der Waals surface area contributed by atoms with Crippen molar-refractivity contribution in [1.82, 2.24) is 5.32 Å². The van der Waals surface area contributed by atoms with Crippen LogP contribution in [0, 0.1) is 5.41 Å². The van der Waals surface area contributed by atoms with E-state index in [1.807, 2.05) is 0 Å². The first-order valence-electron chi connectivity index (χ1n) is 4.56. The van der Waals surface area contributed by atoms with Crippen molar-refractivity contribution in [1.29, 1.82) is 5.41 Å². The van der Waals surface area contributed by atoms with Gasteiger partial charge >= 0.3 is 109 Å². The molecule has 0 radical (unpaired) electrons. The molecule has 1 aliphatic rings. The summed E-state index contributed by atoms with van der Waals surface area (Å²) in [6.45, 7) is 0. The van der Waals surface area contributed by atoms with Crippen LogP contribution in [0.4, 0.5) is 0 Å². The van der Waals surface area contributed by atoms with Crippen LogP contribution in [-0.4, -0.2) is 25.6 Å². The van der Waals surface area contributed by atoms with Gasteiger partial charge in [0.25, 0.3) is 0 Å². The van der Waals surface area contributed by atoms with Crippen molar-refractivity contribution in [2.24, 2.45) is 0 Å². The first kappa shape index (κ1) is 11.9. The number of nitrogens with one attached hydrogen (secondary N) is 2. The predicted octanol–water partition coefficient (Wildman–Crippen LogP) is 2.09. The molecule has 16 heavy (non-hydrogen) atoms. The van der Waals surface area contributed by atoms with Crippen LogP contribution in [0.1, 0.15) is 5.56 Å². The minimum absolute atomic E-state index is 0.0824. The zero-order valence-corrected chi connectivity index (χ0v) is 11.3. The van der Waals surface area contributed by atoms with Gasteiger partial charge < -0.3 is 0 Å². The van der Waals surface area contributed by atoms with E-state index < -0.39 is 0 Å². The van der Waals surface area contributed by atoms with Crippen molar-refractivity contribution in [3.8, 4) is 0 Å². The van der Waals surface area contributed by atoms with Crippen molar-refractivity contribution in [2.75, 3.05) is 0 Å². The molecule has 2 N–H and O–H groups in total. The van der Waals surface area contributed by atoms with Gasteiger partial charge in [0.1, 0.15) is 0 Å². The van der Waals surface area contributed by atoms with Crippen LogP contribution in [0.5, 0.6) is 0 Å². The first-order chi connectivity index (χ1) is 7.56. The summed E-state index contributed by atoms with van der Waals surface area (Å²) < 4.78 is 0.334. The quantitative estimate of drug-likeness (QED) is 0.805. The van der Waals surface area contributed by atoms with Crippen LogP contribution < -0.4 is 5.32 Å². The Labute approximate surface area is 109 Å². The summed E-state index contributed by atoms with van der Waals surface area (Å²) in [4.78, 5) is 11.3. The van der Waals surface area contributed by atoms with Gasteiger partial charge in [0, 0.05) is 0 Å². The summed E-state index contributed by atoms with van der Waals surface area (Å²) in [5.74, 6) is -0.0824. The Balaban J connectivity index is 2.18. The van der Waals surface area contributed by atoms with Crippen LogP contribution >= 0.6 is 23.2 Å². The fourth-order valence-corrected chi connectivity index (χ4v) is 3.67. The average Bonchev–Trinajstić information content (AvgIpc) is 2.51. The zero-order chi connectivity index (χ0) is 11.7. The van der Waals surface area contributed by atoms with E-state index in [9.17, 15) is 4.79 Å². The van der Waals surface area contributed by atoms with Crippen LogP contribution in [0.15, 0.2) is 18.2 Å². The third-order valence-corrected chi connectivity index (χ3v) is 4.91. The Kier molecular flexibility index (Phi) is 3.55. The van der Waals surface area contributed by atoms with E-state index in [4.69, 9.17) is 28.6 Å². The molecular weight excluding hydrogens is 314 g/mol. The second kappa shape index (κ2) is 4.76. The van der Waals surface area contributed by atoms with Gasteiger partial charge in [0.15, 0.2) is 0 Å².